The lowest BCUT2D eigenvalue weighted by molar-refractivity contribution is -0.121. The quantitative estimate of drug-likeness (QED) is 0.825. The Hall–Kier alpha value is -1.39. The van der Waals surface area contributed by atoms with Gasteiger partial charge in [-0.15, -0.1) is 0 Å². The van der Waals surface area contributed by atoms with E-state index in [2.05, 4.69) is 10.6 Å². The van der Waals surface area contributed by atoms with Gasteiger partial charge in [0.15, 0.2) is 0 Å². The third kappa shape index (κ3) is 4.32. The highest BCUT2D eigenvalue weighted by Gasteiger charge is 2.32. The van der Waals surface area contributed by atoms with Gasteiger partial charge in [0.2, 0.25) is 5.91 Å². The fourth-order valence-corrected chi connectivity index (χ4v) is 2.77. The van der Waals surface area contributed by atoms with Crippen molar-refractivity contribution >= 4 is 5.91 Å². The Morgan fingerprint density at radius 1 is 1.30 bits per heavy atom. The van der Waals surface area contributed by atoms with Crippen LogP contribution in [-0.4, -0.2) is 39.3 Å². The molecule has 0 bridgehead atoms. The number of nitrogens with one attached hydrogen (secondary N) is 2. The van der Waals surface area contributed by atoms with E-state index in [-0.39, 0.29) is 11.3 Å². The van der Waals surface area contributed by atoms with Crippen molar-refractivity contribution < 1.29 is 9.53 Å². The topological polar surface area (TPSA) is 50.4 Å². The molecule has 0 unspecified atom stereocenters. The SMILES string of the molecule is COCC1(CNC(=O)Cc2ccccc2)CCNCC1. The van der Waals surface area contributed by atoms with Crippen molar-refractivity contribution in [1.82, 2.24) is 10.6 Å². The monoisotopic (exact) mass is 276 g/mol. The van der Waals surface area contributed by atoms with Crippen LogP contribution in [-0.2, 0) is 16.0 Å². The summed E-state index contributed by atoms with van der Waals surface area (Å²) in [6, 6.07) is 9.84. The summed E-state index contributed by atoms with van der Waals surface area (Å²) >= 11 is 0. The van der Waals surface area contributed by atoms with Crippen LogP contribution in [0.3, 0.4) is 0 Å². The molecule has 1 saturated heterocycles. The minimum Gasteiger partial charge on any atom is -0.384 e. The van der Waals surface area contributed by atoms with Gasteiger partial charge in [-0.05, 0) is 31.5 Å². The van der Waals surface area contributed by atoms with Gasteiger partial charge in [0, 0.05) is 19.1 Å². The molecular weight excluding hydrogens is 252 g/mol. The first-order chi connectivity index (χ1) is 9.74. The zero-order chi connectivity index (χ0) is 14.3. The Kier molecular flexibility index (Phi) is 5.56. The van der Waals surface area contributed by atoms with E-state index in [4.69, 9.17) is 4.74 Å². The van der Waals surface area contributed by atoms with E-state index in [9.17, 15) is 4.79 Å². The first-order valence-corrected chi connectivity index (χ1v) is 7.24. The van der Waals surface area contributed by atoms with Crippen LogP contribution in [0.1, 0.15) is 18.4 Å². The van der Waals surface area contributed by atoms with Gasteiger partial charge >= 0.3 is 0 Å². The minimum absolute atomic E-state index is 0.0882. The number of hydrogen-bond acceptors (Lipinski definition) is 3. The van der Waals surface area contributed by atoms with Gasteiger partial charge in [0.1, 0.15) is 0 Å². The van der Waals surface area contributed by atoms with Crippen LogP contribution in [0.2, 0.25) is 0 Å². The standard InChI is InChI=1S/C16H24N2O2/c1-20-13-16(7-9-17-10-8-16)12-18-15(19)11-14-5-3-2-4-6-14/h2-6,17H,7-13H2,1H3,(H,18,19). The molecule has 1 aliphatic heterocycles. The van der Waals surface area contributed by atoms with Crippen LogP contribution >= 0.6 is 0 Å². The molecule has 0 spiro atoms. The van der Waals surface area contributed by atoms with E-state index >= 15 is 0 Å². The van der Waals surface area contributed by atoms with E-state index in [1.165, 1.54) is 0 Å². The largest absolute Gasteiger partial charge is 0.384 e. The molecule has 110 valence electrons. The number of benzene rings is 1. The molecule has 1 heterocycles. The molecule has 1 aliphatic rings. The molecule has 4 nitrogen and oxygen atoms in total. The van der Waals surface area contributed by atoms with Crippen molar-refractivity contribution in [3.8, 4) is 0 Å². The predicted octanol–water partition coefficient (Wildman–Crippen LogP) is 1.36. The number of methoxy groups -OCH3 is 1. The second-order valence-electron chi connectivity index (χ2n) is 5.62. The van der Waals surface area contributed by atoms with Crippen molar-refractivity contribution in [2.45, 2.75) is 19.3 Å². The number of amides is 1. The molecule has 1 aromatic rings. The Morgan fingerprint density at radius 2 is 2.00 bits per heavy atom. The van der Waals surface area contributed by atoms with Crippen molar-refractivity contribution in [3.63, 3.8) is 0 Å². The van der Waals surface area contributed by atoms with Gasteiger partial charge in [-0.25, -0.2) is 0 Å². The second-order valence-corrected chi connectivity index (χ2v) is 5.62. The van der Waals surface area contributed by atoms with Crippen LogP contribution in [0, 0.1) is 5.41 Å². The fraction of sp³-hybridized carbons (Fsp3) is 0.562. The lowest BCUT2D eigenvalue weighted by Crippen LogP contribution is -2.47. The average Bonchev–Trinajstić information content (AvgIpc) is 2.48. The third-order valence-electron chi connectivity index (χ3n) is 3.98. The first-order valence-electron chi connectivity index (χ1n) is 7.24. The molecule has 0 aliphatic carbocycles. The Morgan fingerprint density at radius 3 is 2.65 bits per heavy atom. The zero-order valence-electron chi connectivity index (χ0n) is 12.2. The molecule has 1 amide bonds. The number of piperidine rings is 1. The predicted molar refractivity (Wildman–Crippen MR) is 79.6 cm³/mol. The molecular formula is C16H24N2O2. The summed E-state index contributed by atoms with van der Waals surface area (Å²) in [5.74, 6) is 0.0882. The van der Waals surface area contributed by atoms with Crippen LogP contribution < -0.4 is 10.6 Å². The molecule has 20 heavy (non-hydrogen) atoms. The number of ether oxygens (including phenoxy) is 1. The average molecular weight is 276 g/mol. The first kappa shape index (κ1) is 15.0. The van der Waals surface area contributed by atoms with E-state index < -0.39 is 0 Å². The van der Waals surface area contributed by atoms with Gasteiger partial charge in [-0.3, -0.25) is 4.79 Å². The second kappa shape index (κ2) is 7.41. The smallest absolute Gasteiger partial charge is 0.224 e. The van der Waals surface area contributed by atoms with E-state index in [0.717, 1.165) is 31.5 Å². The van der Waals surface area contributed by atoms with E-state index in [0.29, 0.717) is 19.6 Å². The van der Waals surface area contributed by atoms with Crippen molar-refractivity contribution in [2.75, 3.05) is 33.4 Å². The Balaban J connectivity index is 1.84. The molecule has 0 saturated carbocycles. The molecule has 0 aromatic heterocycles. The van der Waals surface area contributed by atoms with E-state index in [1.807, 2.05) is 30.3 Å². The van der Waals surface area contributed by atoms with Gasteiger partial charge in [-0.2, -0.15) is 0 Å². The van der Waals surface area contributed by atoms with Crippen molar-refractivity contribution in [3.05, 3.63) is 35.9 Å². The maximum Gasteiger partial charge on any atom is 0.224 e. The van der Waals surface area contributed by atoms with E-state index in [1.54, 1.807) is 7.11 Å². The number of carbonyl (C=O) groups excluding carboxylic acids is 1. The Labute approximate surface area is 120 Å². The van der Waals surface area contributed by atoms with Crippen LogP contribution in [0.15, 0.2) is 30.3 Å². The summed E-state index contributed by atoms with van der Waals surface area (Å²) in [5.41, 5.74) is 1.14. The summed E-state index contributed by atoms with van der Waals surface area (Å²) in [6.07, 6.45) is 2.54. The lowest BCUT2D eigenvalue weighted by Gasteiger charge is -2.37. The third-order valence-corrected chi connectivity index (χ3v) is 3.98. The molecule has 2 rings (SSSR count). The van der Waals surface area contributed by atoms with Crippen molar-refractivity contribution in [2.24, 2.45) is 5.41 Å². The normalized spacial score (nSPS) is 17.6. The maximum atomic E-state index is 12.0. The highest BCUT2D eigenvalue weighted by Crippen LogP contribution is 2.28. The summed E-state index contributed by atoms with van der Waals surface area (Å²) in [5, 5.41) is 6.44. The van der Waals surface area contributed by atoms with Crippen LogP contribution in [0.25, 0.3) is 0 Å². The summed E-state index contributed by atoms with van der Waals surface area (Å²) in [4.78, 5) is 12.0. The minimum atomic E-state index is 0.0882. The molecule has 1 aromatic carbocycles. The molecule has 2 N–H and O–H groups in total. The van der Waals surface area contributed by atoms with Crippen LogP contribution in [0.5, 0.6) is 0 Å². The molecule has 0 radical (unpaired) electrons. The highest BCUT2D eigenvalue weighted by atomic mass is 16.5. The summed E-state index contributed by atoms with van der Waals surface area (Å²) < 4.78 is 5.36. The molecule has 1 fully saturated rings. The van der Waals surface area contributed by atoms with Gasteiger partial charge in [0.05, 0.1) is 13.0 Å². The number of hydrogen-bond donors (Lipinski definition) is 2. The Bertz CT molecular complexity index is 408. The fourth-order valence-electron chi connectivity index (χ4n) is 2.77. The molecule has 0 atom stereocenters. The van der Waals surface area contributed by atoms with Gasteiger partial charge < -0.3 is 15.4 Å². The molecule has 4 heteroatoms. The zero-order valence-corrected chi connectivity index (χ0v) is 12.2. The van der Waals surface area contributed by atoms with Gasteiger partial charge in [-0.1, -0.05) is 30.3 Å². The van der Waals surface area contributed by atoms with Crippen molar-refractivity contribution in [1.29, 1.82) is 0 Å². The maximum absolute atomic E-state index is 12.0. The highest BCUT2D eigenvalue weighted by molar-refractivity contribution is 5.78. The van der Waals surface area contributed by atoms with Crippen LogP contribution in [0.4, 0.5) is 0 Å². The number of rotatable bonds is 6. The summed E-state index contributed by atoms with van der Waals surface area (Å²) in [7, 11) is 1.73. The lowest BCUT2D eigenvalue weighted by atomic mass is 9.79. The van der Waals surface area contributed by atoms with Gasteiger partial charge in [0.25, 0.3) is 0 Å². The summed E-state index contributed by atoms with van der Waals surface area (Å²) in [6.45, 7) is 3.41. The number of carbonyl (C=O) groups is 1.